The minimum Gasteiger partial charge on any atom is -0.313 e. The average Bonchev–Trinajstić information content (AvgIpc) is 2.40. The van der Waals surface area contributed by atoms with E-state index in [4.69, 9.17) is 0 Å². The van der Waals surface area contributed by atoms with Gasteiger partial charge in [-0.25, -0.2) is 9.97 Å². The molecule has 0 saturated carbocycles. The van der Waals surface area contributed by atoms with Crippen LogP contribution >= 0.6 is 0 Å². The van der Waals surface area contributed by atoms with E-state index in [-0.39, 0.29) is 0 Å². The lowest BCUT2D eigenvalue weighted by molar-refractivity contribution is 0.675. The standard InChI is InChI=1S/C15H19N3/c1-3-6-16-8-13-4-5-15(12(2)7-13)14-9-17-11-18-10-14/h4-5,7,9-11,16H,3,6,8H2,1-2H3. The molecule has 0 aliphatic heterocycles. The molecule has 0 aliphatic rings. The molecule has 3 nitrogen and oxygen atoms in total. The Morgan fingerprint density at radius 3 is 2.61 bits per heavy atom. The summed E-state index contributed by atoms with van der Waals surface area (Å²) in [4.78, 5) is 8.12. The van der Waals surface area contributed by atoms with Crippen LogP contribution in [-0.4, -0.2) is 16.5 Å². The van der Waals surface area contributed by atoms with Crippen LogP contribution in [0.25, 0.3) is 11.1 Å². The third-order valence-corrected chi connectivity index (χ3v) is 2.92. The van der Waals surface area contributed by atoms with E-state index in [1.807, 2.05) is 12.4 Å². The highest BCUT2D eigenvalue weighted by Crippen LogP contribution is 2.22. The number of hydrogen-bond acceptors (Lipinski definition) is 3. The van der Waals surface area contributed by atoms with E-state index in [1.165, 1.54) is 23.1 Å². The molecule has 0 radical (unpaired) electrons. The van der Waals surface area contributed by atoms with Crippen molar-refractivity contribution in [2.75, 3.05) is 6.54 Å². The zero-order valence-electron chi connectivity index (χ0n) is 11.0. The number of aromatic nitrogens is 2. The van der Waals surface area contributed by atoms with Crippen molar-refractivity contribution < 1.29 is 0 Å². The third kappa shape index (κ3) is 3.14. The molecule has 2 rings (SSSR count). The Balaban J connectivity index is 2.15. The van der Waals surface area contributed by atoms with Crippen molar-refractivity contribution in [1.29, 1.82) is 0 Å². The molecule has 18 heavy (non-hydrogen) atoms. The highest BCUT2D eigenvalue weighted by molar-refractivity contribution is 5.65. The summed E-state index contributed by atoms with van der Waals surface area (Å²) in [7, 11) is 0. The van der Waals surface area contributed by atoms with E-state index in [9.17, 15) is 0 Å². The quantitative estimate of drug-likeness (QED) is 0.818. The van der Waals surface area contributed by atoms with Gasteiger partial charge in [0, 0.05) is 24.5 Å². The highest BCUT2D eigenvalue weighted by Gasteiger charge is 2.03. The van der Waals surface area contributed by atoms with Gasteiger partial charge < -0.3 is 5.32 Å². The second-order valence-corrected chi connectivity index (χ2v) is 4.45. The van der Waals surface area contributed by atoms with Crippen LogP contribution in [0.1, 0.15) is 24.5 Å². The summed E-state index contributed by atoms with van der Waals surface area (Å²) in [6.07, 6.45) is 6.43. The normalized spacial score (nSPS) is 10.6. The number of hydrogen-bond donors (Lipinski definition) is 1. The maximum Gasteiger partial charge on any atom is 0.115 e. The molecule has 94 valence electrons. The lowest BCUT2D eigenvalue weighted by atomic mass is 10.0. The molecule has 3 heteroatoms. The molecule has 2 aromatic rings. The van der Waals surface area contributed by atoms with Gasteiger partial charge in [0.2, 0.25) is 0 Å². The summed E-state index contributed by atoms with van der Waals surface area (Å²) in [6.45, 7) is 6.30. The maximum absolute atomic E-state index is 4.06. The zero-order chi connectivity index (χ0) is 12.8. The van der Waals surface area contributed by atoms with Gasteiger partial charge in [-0.2, -0.15) is 0 Å². The molecular formula is C15H19N3. The maximum atomic E-state index is 4.06. The second kappa shape index (κ2) is 6.26. The van der Waals surface area contributed by atoms with Gasteiger partial charge in [0.1, 0.15) is 6.33 Å². The molecule has 0 fully saturated rings. The minimum atomic E-state index is 0.931. The van der Waals surface area contributed by atoms with Crippen molar-refractivity contribution in [3.63, 3.8) is 0 Å². The fraction of sp³-hybridized carbons (Fsp3) is 0.333. The van der Waals surface area contributed by atoms with E-state index < -0.39 is 0 Å². The fourth-order valence-corrected chi connectivity index (χ4v) is 2.01. The molecule has 0 unspecified atom stereocenters. The largest absolute Gasteiger partial charge is 0.313 e. The van der Waals surface area contributed by atoms with Crippen LogP contribution in [0.4, 0.5) is 0 Å². The van der Waals surface area contributed by atoms with E-state index in [0.29, 0.717) is 0 Å². The number of rotatable bonds is 5. The van der Waals surface area contributed by atoms with Crippen molar-refractivity contribution in [2.24, 2.45) is 0 Å². The van der Waals surface area contributed by atoms with Gasteiger partial charge in [0.15, 0.2) is 0 Å². The van der Waals surface area contributed by atoms with E-state index in [2.05, 4.69) is 47.3 Å². The molecule has 0 bridgehead atoms. The molecule has 0 spiro atoms. The second-order valence-electron chi connectivity index (χ2n) is 4.45. The summed E-state index contributed by atoms with van der Waals surface area (Å²) in [5.74, 6) is 0. The molecule has 1 aromatic carbocycles. The smallest absolute Gasteiger partial charge is 0.115 e. The van der Waals surface area contributed by atoms with Crippen LogP contribution in [0.5, 0.6) is 0 Å². The van der Waals surface area contributed by atoms with Gasteiger partial charge in [-0.3, -0.25) is 0 Å². The van der Waals surface area contributed by atoms with Gasteiger partial charge >= 0.3 is 0 Å². The Bertz CT molecular complexity index is 494. The molecule has 0 aliphatic carbocycles. The predicted molar refractivity (Wildman–Crippen MR) is 74.2 cm³/mol. The van der Waals surface area contributed by atoms with Crippen molar-refractivity contribution in [3.05, 3.63) is 48.0 Å². The molecular weight excluding hydrogens is 222 g/mol. The Kier molecular flexibility index (Phi) is 4.42. The van der Waals surface area contributed by atoms with Gasteiger partial charge in [0.25, 0.3) is 0 Å². The molecule has 0 atom stereocenters. The van der Waals surface area contributed by atoms with Crippen LogP contribution < -0.4 is 5.32 Å². The third-order valence-electron chi connectivity index (χ3n) is 2.92. The van der Waals surface area contributed by atoms with E-state index >= 15 is 0 Å². The van der Waals surface area contributed by atoms with Gasteiger partial charge in [-0.15, -0.1) is 0 Å². The van der Waals surface area contributed by atoms with Crippen LogP contribution in [0, 0.1) is 6.92 Å². The van der Waals surface area contributed by atoms with Crippen LogP contribution in [0.15, 0.2) is 36.9 Å². The summed E-state index contributed by atoms with van der Waals surface area (Å²) >= 11 is 0. The number of nitrogens with zero attached hydrogens (tertiary/aromatic N) is 2. The van der Waals surface area contributed by atoms with Gasteiger partial charge in [-0.05, 0) is 36.6 Å². The Hall–Kier alpha value is -1.74. The molecule has 0 saturated heterocycles. The Morgan fingerprint density at radius 1 is 1.17 bits per heavy atom. The first-order valence-electron chi connectivity index (χ1n) is 6.37. The molecule has 1 N–H and O–H groups in total. The number of nitrogens with one attached hydrogen (secondary N) is 1. The van der Waals surface area contributed by atoms with Gasteiger partial charge in [0.05, 0.1) is 0 Å². The first-order valence-corrected chi connectivity index (χ1v) is 6.37. The highest BCUT2D eigenvalue weighted by atomic mass is 14.8. The van der Waals surface area contributed by atoms with E-state index in [0.717, 1.165) is 18.7 Å². The number of benzene rings is 1. The Labute approximate surface area is 108 Å². The monoisotopic (exact) mass is 241 g/mol. The SMILES string of the molecule is CCCNCc1ccc(-c2cncnc2)c(C)c1. The van der Waals surface area contributed by atoms with Crippen LogP contribution in [0.3, 0.4) is 0 Å². The molecule has 1 heterocycles. The van der Waals surface area contributed by atoms with Gasteiger partial charge in [-0.1, -0.05) is 25.1 Å². The summed E-state index contributed by atoms with van der Waals surface area (Å²) in [5, 5.41) is 3.41. The summed E-state index contributed by atoms with van der Waals surface area (Å²) < 4.78 is 0. The van der Waals surface area contributed by atoms with Crippen molar-refractivity contribution in [1.82, 2.24) is 15.3 Å². The first-order chi connectivity index (χ1) is 8.81. The topological polar surface area (TPSA) is 37.8 Å². The van der Waals surface area contributed by atoms with Crippen molar-refractivity contribution in [2.45, 2.75) is 26.8 Å². The summed E-state index contributed by atoms with van der Waals surface area (Å²) in [5.41, 5.74) is 4.86. The lowest BCUT2D eigenvalue weighted by Crippen LogP contribution is -2.13. The van der Waals surface area contributed by atoms with Crippen LogP contribution in [-0.2, 0) is 6.54 Å². The predicted octanol–water partition coefficient (Wildman–Crippen LogP) is 2.95. The van der Waals surface area contributed by atoms with E-state index in [1.54, 1.807) is 6.33 Å². The molecule has 1 aromatic heterocycles. The van der Waals surface area contributed by atoms with Crippen molar-refractivity contribution >= 4 is 0 Å². The average molecular weight is 241 g/mol. The van der Waals surface area contributed by atoms with Crippen LogP contribution in [0.2, 0.25) is 0 Å². The summed E-state index contributed by atoms with van der Waals surface area (Å²) in [6, 6.07) is 6.54. The first kappa shape index (κ1) is 12.7. The fourth-order valence-electron chi connectivity index (χ4n) is 2.01. The zero-order valence-corrected chi connectivity index (χ0v) is 11.0. The lowest BCUT2D eigenvalue weighted by Gasteiger charge is -2.09. The van der Waals surface area contributed by atoms with Crippen molar-refractivity contribution in [3.8, 4) is 11.1 Å². The molecule has 0 amide bonds. The number of aryl methyl sites for hydroxylation is 1. The Morgan fingerprint density at radius 2 is 1.94 bits per heavy atom. The minimum absolute atomic E-state index is 0.931.